The first-order chi connectivity index (χ1) is 9.48. The Balaban J connectivity index is 2.30. The van der Waals surface area contributed by atoms with Gasteiger partial charge in [-0.1, -0.05) is 0 Å². The molecule has 1 fully saturated rings. The first-order valence-electron chi connectivity index (χ1n) is 6.58. The van der Waals surface area contributed by atoms with Crippen LogP contribution in [0.5, 0.6) is 0 Å². The van der Waals surface area contributed by atoms with Gasteiger partial charge in [-0.15, -0.1) is 0 Å². The fourth-order valence-corrected chi connectivity index (χ4v) is 4.02. The van der Waals surface area contributed by atoms with Crippen LogP contribution in [0.25, 0.3) is 0 Å². The molecule has 0 aliphatic carbocycles. The standard InChI is InChI=1S/C13H19FN2O3S/c14-13-4-3-12(6-11(13)7-15)20(18,19)16-5-1-2-10(8-16)9-17/h3-4,6,10,17H,1-2,5,7-9,15H2. The molecule has 1 aromatic carbocycles. The van der Waals surface area contributed by atoms with Gasteiger partial charge in [-0.2, -0.15) is 4.31 Å². The Morgan fingerprint density at radius 1 is 1.45 bits per heavy atom. The maximum atomic E-state index is 13.4. The minimum Gasteiger partial charge on any atom is -0.396 e. The fourth-order valence-electron chi connectivity index (χ4n) is 2.41. The van der Waals surface area contributed by atoms with Gasteiger partial charge >= 0.3 is 0 Å². The molecule has 112 valence electrons. The predicted octanol–water partition coefficient (Wildman–Crippen LogP) is 0.677. The van der Waals surface area contributed by atoms with E-state index in [0.29, 0.717) is 13.1 Å². The van der Waals surface area contributed by atoms with Gasteiger partial charge in [0, 0.05) is 31.8 Å². The van der Waals surface area contributed by atoms with Gasteiger partial charge in [0.1, 0.15) is 5.82 Å². The summed E-state index contributed by atoms with van der Waals surface area (Å²) < 4.78 is 39.8. The van der Waals surface area contributed by atoms with Crippen molar-refractivity contribution < 1.29 is 17.9 Å². The van der Waals surface area contributed by atoms with Crippen LogP contribution < -0.4 is 5.73 Å². The van der Waals surface area contributed by atoms with Crippen LogP contribution >= 0.6 is 0 Å². The van der Waals surface area contributed by atoms with E-state index in [1.165, 1.54) is 16.4 Å². The van der Waals surface area contributed by atoms with Crippen LogP contribution in [0.2, 0.25) is 0 Å². The lowest BCUT2D eigenvalue weighted by molar-refractivity contribution is 0.165. The molecule has 1 aromatic rings. The van der Waals surface area contributed by atoms with E-state index in [-0.39, 0.29) is 29.5 Å². The van der Waals surface area contributed by atoms with E-state index < -0.39 is 15.8 Å². The summed E-state index contributed by atoms with van der Waals surface area (Å²) in [6, 6.07) is 3.67. The van der Waals surface area contributed by atoms with Crippen molar-refractivity contribution in [2.24, 2.45) is 11.7 Å². The smallest absolute Gasteiger partial charge is 0.243 e. The molecule has 1 atom stereocenters. The van der Waals surface area contributed by atoms with E-state index in [2.05, 4.69) is 0 Å². The molecule has 1 unspecified atom stereocenters. The third-order valence-corrected chi connectivity index (χ3v) is 5.48. The van der Waals surface area contributed by atoms with Crippen molar-refractivity contribution >= 4 is 10.0 Å². The van der Waals surface area contributed by atoms with Crippen molar-refractivity contribution in [1.82, 2.24) is 4.31 Å². The molecule has 0 amide bonds. The Kier molecular flexibility index (Phi) is 4.74. The van der Waals surface area contributed by atoms with Crippen LogP contribution in [0.1, 0.15) is 18.4 Å². The summed E-state index contributed by atoms with van der Waals surface area (Å²) in [4.78, 5) is 0.0536. The molecule has 1 saturated heterocycles. The Hall–Kier alpha value is -1.02. The quantitative estimate of drug-likeness (QED) is 0.856. The first kappa shape index (κ1) is 15.4. The van der Waals surface area contributed by atoms with Gasteiger partial charge in [0.25, 0.3) is 0 Å². The molecular formula is C13H19FN2O3S. The summed E-state index contributed by atoms with van der Waals surface area (Å²) in [5, 5.41) is 9.18. The third-order valence-electron chi connectivity index (χ3n) is 3.61. The van der Waals surface area contributed by atoms with Gasteiger partial charge in [0.15, 0.2) is 0 Å². The van der Waals surface area contributed by atoms with Crippen molar-refractivity contribution in [3.05, 3.63) is 29.6 Å². The average molecular weight is 302 g/mol. The van der Waals surface area contributed by atoms with Crippen LogP contribution in [0.4, 0.5) is 4.39 Å². The molecule has 1 aliphatic rings. The maximum absolute atomic E-state index is 13.4. The minimum atomic E-state index is -3.65. The molecule has 0 radical (unpaired) electrons. The van der Waals surface area contributed by atoms with Crippen molar-refractivity contribution in [1.29, 1.82) is 0 Å². The molecule has 5 nitrogen and oxygen atoms in total. The summed E-state index contributed by atoms with van der Waals surface area (Å²) in [5.74, 6) is -0.536. The van der Waals surface area contributed by atoms with Crippen molar-refractivity contribution in [3.8, 4) is 0 Å². The van der Waals surface area contributed by atoms with Crippen molar-refractivity contribution in [2.45, 2.75) is 24.3 Å². The number of nitrogens with two attached hydrogens (primary N) is 1. The van der Waals surface area contributed by atoms with Crippen LogP contribution in [0.3, 0.4) is 0 Å². The van der Waals surface area contributed by atoms with E-state index in [1.54, 1.807) is 0 Å². The second-order valence-corrected chi connectivity index (χ2v) is 6.95. The largest absolute Gasteiger partial charge is 0.396 e. The van der Waals surface area contributed by atoms with Gasteiger partial charge in [-0.3, -0.25) is 0 Å². The summed E-state index contributed by atoms with van der Waals surface area (Å²) in [6.07, 6.45) is 1.54. The van der Waals surface area contributed by atoms with Crippen molar-refractivity contribution in [2.75, 3.05) is 19.7 Å². The van der Waals surface area contributed by atoms with Crippen LogP contribution in [-0.4, -0.2) is 37.5 Å². The molecule has 1 heterocycles. The molecule has 0 spiro atoms. The second-order valence-electron chi connectivity index (χ2n) is 5.01. The lowest BCUT2D eigenvalue weighted by atomic mass is 10.0. The summed E-state index contributed by atoms with van der Waals surface area (Å²) in [6.45, 7) is 0.653. The zero-order valence-electron chi connectivity index (χ0n) is 11.1. The molecule has 0 aromatic heterocycles. The highest BCUT2D eigenvalue weighted by Gasteiger charge is 2.30. The number of hydrogen-bond donors (Lipinski definition) is 2. The Bertz CT molecular complexity index is 577. The van der Waals surface area contributed by atoms with E-state index in [4.69, 9.17) is 5.73 Å². The highest BCUT2D eigenvalue weighted by molar-refractivity contribution is 7.89. The summed E-state index contributed by atoms with van der Waals surface area (Å²) in [5.41, 5.74) is 5.59. The number of sulfonamides is 1. The normalized spacial score (nSPS) is 21.1. The lowest BCUT2D eigenvalue weighted by Crippen LogP contribution is -2.40. The third kappa shape index (κ3) is 3.01. The molecule has 0 bridgehead atoms. The number of piperidine rings is 1. The average Bonchev–Trinajstić information content (AvgIpc) is 2.47. The van der Waals surface area contributed by atoms with Gasteiger partial charge in [0.2, 0.25) is 10.0 Å². The van der Waals surface area contributed by atoms with Gasteiger partial charge < -0.3 is 10.8 Å². The van der Waals surface area contributed by atoms with E-state index >= 15 is 0 Å². The molecule has 2 rings (SSSR count). The lowest BCUT2D eigenvalue weighted by Gasteiger charge is -2.31. The first-order valence-corrected chi connectivity index (χ1v) is 8.02. The maximum Gasteiger partial charge on any atom is 0.243 e. The number of aliphatic hydroxyl groups is 1. The number of hydrogen-bond acceptors (Lipinski definition) is 4. The minimum absolute atomic E-state index is 0.0243. The number of halogens is 1. The molecule has 3 N–H and O–H groups in total. The second kappa shape index (κ2) is 6.17. The van der Waals surface area contributed by atoms with Crippen molar-refractivity contribution in [3.63, 3.8) is 0 Å². The SMILES string of the molecule is NCc1cc(S(=O)(=O)N2CCCC(CO)C2)ccc1F. The highest BCUT2D eigenvalue weighted by atomic mass is 32.2. The van der Waals surface area contributed by atoms with Gasteiger partial charge in [-0.25, -0.2) is 12.8 Å². The number of nitrogens with zero attached hydrogens (tertiary/aromatic N) is 1. The Morgan fingerprint density at radius 3 is 2.85 bits per heavy atom. The number of benzene rings is 1. The van der Waals surface area contributed by atoms with Crippen LogP contribution in [-0.2, 0) is 16.6 Å². The molecule has 20 heavy (non-hydrogen) atoms. The van der Waals surface area contributed by atoms with Crippen LogP contribution in [0, 0.1) is 11.7 Å². The highest BCUT2D eigenvalue weighted by Crippen LogP contribution is 2.24. The number of rotatable bonds is 4. The zero-order chi connectivity index (χ0) is 14.8. The monoisotopic (exact) mass is 302 g/mol. The molecule has 0 saturated carbocycles. The Morgan fingerprint density at radius 2 is 2.20 bits per heavy atom. The summed E-state index contributed by atoms with van der Waals surface area (Å²) in [7, 11) is -3.65. The van der Waals surface area contributed by atoms with E-state index in [1.807, 2.05) is 0 Å². The Labute approximate surface area is 118 Å². The predicted molar refractivity (Wildman–Crippen MR) is 72.9 cm³/mol. The fraction of sp³-hybridized carbons (Fsp3) is 0.538. The van der Waals surface area contributed by atoms with E-state index in [0.717, 1.165) is 18.9 Å². The summed E-state index contributed by atoms with van der Waals surface area (Å²) >= 11 is 0. The number of aliphatic hydroxyl groups excluding tert-OH is 1. The zero-order valence-corrected chi connectivity index (χ0v) is 11.9. The molecule has 7 heteroatoms. The van der Waals surface area contributed by atoms with Crippen LogP contribution in [0.15, 0.2) is 23.1 Å². The molecular weight excluding hydrogens is 283 g/mol. The topological polar surface area (TPSA) is 83.6 Å². The van der Waals surface area contributed by atoms with E-state index in [9.17, 15) is 17.9 Å². The molecule has 1 aliphatic heterocycles. The van der Waals surface area contributed by atoms with Gasteiger partial charge in [-0.05, 0) is 37.0 Å². The van der Waals surface area contributed by atoms with Gasteiger partial charge in [0.05, 0.1) is 4.90 Å².